The first-order valence-electron chi connectivity index (χ1n) is 5.99. The van der Waals surface area contributed by atoms with Gasteiger partial charge in [0.25, 0.3) is 0 Å². The molecule has 0 aliphatic heterocycles. The van der Waals surface area contributed by atoms with E-state index in [1.165, 1.54) is 12.8 Å². The quantitative estimate of drug-likeness (QED) is 0.651. The molecule has 0 atom stereocenters. The van der Waals surface area contributed by atoms with E-state index in [9.17, 15) is 4.79 Å². The maximum Gasteiger partial charge on any atom is 0.246 e. The van der Waals surface area contributed by atoms with Gasteiger partial charge >= 0.3 is 0 Å². The summed E-state index contributed by atoms with van der Waals surface area (Å²) < 4.78 is 5.28. The van der Waals surface area contributed by atoms with Crippen LogP contribution in [-0.2, 0) is 9.53 Å². The Kier molecular flexibility index (Phi) is 5.22. The van der Waals surface area contributed by atoms with Crippen molar-refractivity contribution >= 4 is 5.91 Å². The molecule has 1 aliphatic rings. The number of amides is 1. The van der Waals surface area contributed by atoms with E-state index in [1.807, 2.05) is 13.8 Å². The van der Waals surface area contributed by atoms with Crippen molar-refractivity contribution in [2.75, 3.05) is 26.4 Å². The van der Waals surface area contributed by atoms with Crippen LogP contribution >= 0.6 is 0 Å². The number of carbonyl (C=O) groups is 1. The molecular weight excluding hydrogens is 206 g/mol. The monoisotopic (exact) mass is 229 g/mol. The first kappa shape index (κ1) is 13.5. The molecule has 1 amide bonds. The van der Waals surface area contributed by atoms with Crippen LogP contribution in [0.2, 0.25) is 0 Å². The molecule has 94 valence electrons. The van der Waals surface area contributed by atoms with Crippen molar-refractivity contribution in [3.05, 3.63) is 0 Å². The highest BCUT2D eigenvalue weighted by Crippen LogP contribution is 2.28. The predicted octanol–water partition coefficient (Wildman–Crippen LogP) is 0.938. The van der Waals surface area contributed by atoms with Gasteiger partial charge in [-0.1, -0.05) is 13.8 Å². The molecule has 0 unspecified atom stereocenters. The minimum absolute atomic E-state index is 0.0547. The molecule has 0 aromatic carbocycles. The fraction of sp³-hybridized carbons (Fsp3) is 0.917. The van der Waals surface area contributed by atoms with Crippen molar-refractivity contribution < 1.29 is 14.6 Å². The molecule has 4 nitrogen and oxygen atoms in total. The van der Waals surface area contributed by atoms with Crippen LogP contribution < -0.4 is 5.32 Å². The van der Waals surface area contributed by atoms with E-state index in [2.05, 4.69) is 5.32 Å². The number of carbonyl (C=O) groups excluding carboxylic acids is 1. The predicted molar refractivity (Wildman–Crippen MR) is 62.0 cm³/mol. The zero-order valence-electron chi connectivity index (χ0n) is 10.3. The highest BCUT2D eigenvalue weighted by atomic mass is 16.5. The number of aliphatic hydroxyl groups is 1. The molecule has 1 aliphatic carbocycles. The van der Waals surface area contributed by atoms with Gasteiger partial charge in [-0.2, -0.15) is 0 Å². The maximum absolute atomic E-state index is 11.4. The molecular formula is C12H23NO3. The van der Waals surface area contributed by atoms with Crippen LogP contribution in [0.5, 0.6) is 0 Å². The van der Waals surface area contributed by atoms with Crippen molar-refractivity contribution in [1.29, 1.82) is 0 Å². The van der Waals surface area contributed by atoms with Crippen LogP contribution in [0, 0.1) is 11.3 Å². The molecule has 0 heterocycles. The first-order valence-corrected chi connectivity index (χ1v) is 5.99. The van der Waals surface area contributed by atoms with Crippen molar-refractivity contribution in [3.63, 3.8) is 0 Å². The van der Waals surface area contributed by atoms with Gasteiger partial charge in [0.05, 0.1) is 6.61 Å². The van der Waals surface area contributed by atoms with Gasteiger partial charge in [-0.3, -0.25) is 4.79 Å². The Morgan fingerprint density at radius 3 is 2.75 bits per heavy atom. The Balaban J connectivity index is 2.03. The third-order valence-electron chi connectivity index (χ3n) is 2.84. The maximum atomic E-state index is 11.4. The summed E-state index contributed by atoms with van der Waals surface area (Å²) in [5, 5.41) is 11.7. The molecule has 0 saturated heterocycles. The summed E-state index contributed by atoms with van der Waals surface area (Å²) in [6.07, 6.45) is 3.17. The third-order valence-corrected chi connectivity index (χ3v) is 2.84. The normalized spacial score (nSPS) is 16.2. The Bertz CT molecular complexity index is 224. The molecule has 0 radical (unpaired) electrons. The number of hydrogen-bond acceptors (Lipinski definition) is 3. The molecule has 0 spiro atoms. The largest absolute Gasteiger partial charge is 0.396 e. The van der Waals surface area contributed by atoms with Crippen molar-refractivity contribution in [2.45, 2.75) is 33.1 Å². The van der Waals surface area contributed by atoms with Crippen LogP contribution in [0.4, 0.5) is 0 Å². The highest BCUT2D eigenvalue weighted by molar-refractivity contribution is 5.77. The summed E-state index contributed by atoms with van der Waals surface area (Å²) in [5.74, 6) is 0.630. The number of rotatable bonds is 8. The van der Waals surface area contributed by atoms with E-state index in [0.29, 0.717) is 25.5 Å². The molecule has 1 fully saturated rings. The topological polar surface area (TPSA) is 58.6 Å². The number of aliphatic hydroxyl groups excluding tert-OH is 1. The second kappa shape index (κ2) is 6.21. The molecule has 0 aromatic heterocycles. The molecule has 0 aromatic rings. The van der Waals surface area contributed by atoms with E-state index in [1.54, 1.807) is 0 Å². The van der Waals surface area contributed by atoms with E-state index in [4.69, 9.17) is 9.84 Å². The average molecular weight is 229 g/mol. The van der Waals surface area contributed by atoms with Crippen LogP contribution in [-0.4, -0.2) is 37.4 Å². The lowest BCUT2D eigenvalue weighted by atomic mass is 9.90. The van der Waals surface area contributed by atoms with Gasteiger partial charge in [0.15, 0.2) is 0 Å². The molecule has 4 heteroatoms. The Hall–Kier alpha value is -0.610. The van der Waals surface area contributed by atoms with Gasteiger partial charge in [0, 0.05) is 13.2 Å². The summed E-state index contributed by atoms with van der Waals surface area (Å²) in [5.41, 5.74) is -0.0547. The number of hydrogen-bond donors (Lipinski definition) is 2. The third kappa shape index (κ3) is 6.08. The zero-order chi connectivity index (χ0) is 12.0. The summed E-state index contributed by atoms with van der Waals surface area (Å²) >= 11 is 0. The minimum Gasteiger partial charge on any atom is -0.396 e. The zero-order valence-corrected chi connectivity index (χ0v) is 10.3. The minimum atomic E-state index is -0.0633. The fourth-order valence-corrected chi connectivity index (χ4v) is 1.38. The van der Waals surface area contributed by atoms with Crippen molar-refractivity contribution in [3.8, 4) is 0 Å². The van der Waals surface area contributed by atoms with Crippen molar-refractivity contribution in [1.82, 2.24) is 5.32 Å². The van der Waals surface area contributed by atoms with E-state index >= 15 is 0 Å². The SMILES string of the molecule is CC(C)(CCO)CNC(=O)COCC1CC1. The molecule has 0 bridgehead atoms. The fourth-order valence-electron chi connectivity index (χ4n) is 1.38. The van der Waals surface area contributed by atoms with E-state index in [-0.39, 0.29) is 24.5 Å². The number of ether oxygens (including phenoxy) is 1. The first-order chi connectivity index (χ1) is 7.53. The van der Waals surface area contributed by atoms with Gasteiger partial charge in [-0.05, 0) is 30.6 Å². The van der Waals surface area contributed by atoms with E-state index < -0.39 is 0 Å². The van der Waals surface area contributed by atoms with Gasteiger partial charge in [-0.25, -0.2) is 0 Å². The summed E-state index contributed by atoms with van der Waals surface area (Å²) in [4.78, 5) is 11.4. The molecule has 1 saturated carbocycles. The van der Waals surface area contributed by atoms with Crippen LogP contribution in [0.25, 0.3) is 0 Å². The lowest BCUT2D eigenvalue weighted by Crippen LogP contribution is -2.36. The standard InChI is InChI=1S/C12H23NO3/c1-12(2,5-6-14)9-13-11(15)8-16-7-10-3-4-10/h10,14H,3-9H2,1-2H3,(H,13,15). The van der Waals surface area contributed by atoms with E-state index in [0.717, 1.165) is 0 Å². The lowest BCUT2D eigenvalue weighted by molar-refractivity contribution is -0.126. The molecule has 16 heavy (non-hydrogen) atoms. The Morgan fingerprint density at radius 1 is 1.50 bits per heavy atom. The summed E-state index contributed by atoms with van der Waals surface area (Å²) in [6.45, 7) is 5.66. The molecule has 1 rings (SSSR count). The Labute approximate surface area is 97.4 Å². The lowest BCUT2D eigenvalue weighted by Gasteiger charge is -2.23. The van der Waals surface area contributed by atoms with Crippen LogP contribution in [0.3, 0.4) is 0 Å². The van der Waals surface area contributed by atoms with Gasteiger partial charge in [0.2, 0.25) is 5.91 Å². The molecule has 2 N–H and O–H groups in total. The summed E-state index contributed by atoms with van der Waals surface area (Å²) in [6, 6.07) is 0. The van der Waals surface area contributed by atoms with Crippen molar-refractivity contribution in [2.24, 2.45) is 11.3 Å². The average Bonchev–Trinajstić information content (AvgIpc) is 2.99. The van der Waals surface area contributed by atoms with Crippen LogP contribution in [0.15, 0.2) is 0 Å². The highest BCUT2D eigenvalue weighted by Gasteiger charge is 2.22. The van der Waals surface area contributed by atoms with Gasteiger partial charge in [0.1, 0.15) is 6.61 Å². The van der Waals surface area contributed by atoms with Gasteiger partial charge in [-0.15, -0.1) is 0 Å². The van der Waals surface area contributed by atoms with Crippen LogP contribution in [0.1, 0.15) is 33.1 Å². The second-order valence-corrected chi connectivity index (χ2v) is 5.37. The second-order valence-electron chi connectivity index (χ2n) is 5.37. The Morgan fingerprint density at radius 2 is 2.19 bits per heavy atom. The van der Waals surface area contributed by atoms with Gasteiger partial charge < -0.3 is 15.2 Å². The number of nitrogens with one attached hydrogen (secondary N) is 1. The summed E-state index contributed by atoms with van der Waals surface area (Å²) in [7, 11) is 0. The smallest absolute Gasteiger partial charge is 0.246 e.